The highest BCUT2D eigenvalue weighted by molar-refractivity contribution is 5.81. The molecule has 0 atom stereocenters. The normalized spacial score (nSPS) is 10.8. The second kappa shape index (κ2) is 6.69. The molecule has 0 aliphatic carbocycles. The summed E-state index contributed by atoms with van der Waals surface area (Å²) in [5, 5.41) is 0. The molecule has 0 bridgehead atoms. The minimum atomic E-state index is 0.520. The fourth-order valence-corrected chi connectivity index (χ4v) is 2.77. The second-order valence-corrected chi connectivity index (χ2v) is 5.74. The molecule has 3 aromatic carbocycles. The van der Waals surface area contributed by atoms with Gasteiger partial charge in [-0.25, -0.2) is 4.98 Å². The van der Waals surface area contributed by atoms with E-state index in [4.69, 9.17) is 9.47 Å². The molecule has 4 aromatic rings. The first-order valence-electron chi connectivity index (χ1n) is 8.13. The number of nitrogens with one attached hydrogen (secondary N) is 1. The maximum atomic E-state index is 6.03. The van der Waals surface area contributed by atoms with Crippen molar-refractivity contribution in [3.8, 4) is 22.9 Å². The van der Waals surface area contributed by atoms with Gasteiger partial charge in [0.05, 0.1) is 23.7 Å². The number of hydrogen-bond acceptors (Lipinski definition) is 3. The predicted molar refractivity (Wildman–Crippen MR) is 98.9 cm³/mol. The molecule has 0 amide bonds. The minimum Gasteiger partial charge on any atom is -0.497 e. The Morgan fingerprint density at radius 2 is 1.72 bits per heavy atom. The van der Waals surface area contributed by atoms with E-state index in [0.29, 0.717) is 6.61 Å². The van der Waals surface area contributed by atoms with E-state index in [-0.39, 0.29) is 0 Å². The summed E-state index contributed by atoms with van der Waals surface area (Å²) >= 11 is 0. The molecule has 0 fully saturated rings. The number of imidazole rings is 1. The average Bonchev–Trinajstić information content (AvgIpc) is 3.10. The van der Waals surface area contributed by atoms with Crippen LogP contribution in [0.3, 0.4) is 0 Å². The second-order valence-electron chi connectivity index (χ2n) is 5.74. The highest BCUT2D eigenvalue weighted by atomic mass is 16.5. The summed E-state index contributed by atoms with van der Waals surface area (Å²) in [6, 6.07) is 23.8. The van der Waals surface area contributed by atoms with Crippen molar-refractivity contribution in [1.82, 2.24) is 9.97 Å². The third-order valence-corrected chi connectivity index (χ3v) is 4.07. The molecule has 0 saturated carbocycles. The van der Waals surface area contributed by atoms with E-state index in [9.17, 15) is 0 Å². The predicted octanol–water partition coefficient (Wildman–Crippen LogP) is 4.82. The van der Waals surface area contributed by atoms with E-state index < -0.39 is 0 Å². The van der Waals surface area contributed by atoms with Crippen LogP contribution in [0.15, 0.2) is 72.8 Å². The monoisotopic (exact) mass is 330 g/mol. The van der Waals surface area contributed by atoms with Crippen LogP contribution in [0.4, 0.5) is 0 Å². The van der Waals surface area contributed by atoms with Crippen LogP contribution in [0, 0.1) is 0 Å². The van der Waals surface area contributed by atoms with Crippen LogP contribution in [0.25, 0.3) is 22.4 Å². The summed E-state index contributed by atoms with van der Waals surface area (Å²) in [4.78, 5) is 8.04. The van der Waals surface area contributed by atoms with Gasteiger partial charge in [-0.05, 0) is 29.8 Å². The number of H-pyrrole nitrogens is 1. The molecule has 0 saturated heterocycles. The Bertz CT molecular complexity index is 993. The van der Waals surface area contributed by atoms with Crippen molar-refractivity contribution in [1.29, 1.82) is 0 Å². The smallest absolute Gasteiger partial charge is 0.142 e. The maximum absolute atomic E-state index is 6.03. The first kappa shape index (κ1) is 15.3. The summed E-state index contributed by atoms with van der Waals surface area (Å²) < 4.78 is 11.3. The van der Waals surface area contributed by atoms with Gasteiger partial charge in [-0.1, -0.05) is 42.5 Å². The van der Waals surface area contributed by atoms with Crippen LogP contribution < -0.4 is 9.47 Å². The highest BCUT2D eigenvalue weighted by Gasteiger charge is 2.11. The van der Waals surface area contributed by atoms with Crippen LogP contribution >= 0.6 is 0 Å². The van der Waals surface area contributed by atoms with Crippen molar-refractivity contribution in [3.63, 3.8) is 0 Å². The van der Waals surface area contributed by atoms with Crippen molar-refractivity contribution in [2.45, 2.75) is 6.61 Å². The van der Waals surface area contributed by atoms with Crippen LogP contribution in [0.2, 0.25) is 0 Å². The molecule has 0 aliphatic heterocycles. The zero-order valence-corrected chi connectivity index (χ0v) is 13.9. The maximum Gasteiger partial charge on any atom is 0.142 e. The van der Waals surface area contributed by atoms with Gasteiger partial charge in [0.15, 0.2) is 0 Å². The number of hydrogen-bond donors (Lipinski definition) is 1. The first-order valence-corrected chi connectivity index (χ1v) is 8.13. The van der Waals surface area contributed by atoms with Gasteiger partial charge in [0.1, 0.15) is 23.9 Å². The molecular formula is C21H18N2O2. The molecule has 4 nitrogen and oxygen atoms in total. The summed E-state index contributed by atoms with van der Waals surface area (Å²) in [7, 11) is 1.66. The molecule has 1 N–H and O–H groups in total. The molecule has 0 aliphatic rings. The van der Waals surface area contributed by atoms with Crippen molar-refractivity contribution >= 4 is 11.0 Å². The Balaban J connectivity index is 1.66. The lowest BCUT2D eigenvalue weighted by atomic mass is 10.2. The highest BCUT2D eigenvalue weighted by Crippen LogP contribution is 2.30. The number of para-hydroxylation sites is 1. The molecule has 124 valence electrons. The zero-order valence-electron chi connectivity index (χ0n) is 13.9. The number of aromatic amines is 1. The Morgan fingerprint density at radius 3 is 2.56 bits per heavy atom. The number of nitrogens with zero attached hydrogens (tertiary/aromatic N) is 1. The fraction of sp³-hybridized carbons (Fsp3) is 0.0952. The van der Waals surface area contributed by atoms with E-state index in [0.717, 1.165) is 39.5 Å². The lowest BCUT2D eigenvalue weighted by Crippen LogP contribution is -1.97. The quantitative estimate of drug-likeness (QED) is 0.571. The lowest BCUT2D eigenvalue weighted by Gasteiger charge is -2.10. The number of ether oxygens (including phenoxy) is 2. The summed E-state index contributed by atoms with van der Waals surface area (Å²) in [6.07, 6.45) is 0. The van der Waals surface area contributed by atoms with E-state index in [1.807, 2.05) is 60.7 Å². The lowest BCUT2D eigenvalue weighted by molar-refractivity contribution is 0.307. The van der Waals surface area contributed by atoms with E-state index >= 15 is 0 Å². The van der Waals surface area contributed by atoms with Gasteiger partial charge in [0, 0.05) is 6.07 Å². The SMILES string of the molecule is COc1ccc2nc(-c3ccccc3OCc3ccccc3)[nH]c2c1. The van der Waals surface area contributed by atoms with Crippen molar-refractivity contribution in [2.75, 3.05) is 7.11 Å². The van der Waals surface area contributed by atoms with Crippen LogP contribution in [0.1, 0.15) is 5.56 Å². The van der Waals surface area contributed by atoms with Gasteiger partial charge in [-0.3, -0.25) is 0 Å². The van der Waals surface area contributed by atoms with Gasteiger partial charge in [-0.2, -0.15) is 0 Å². The summed E-state index contributed by atoms with van der Waals surface area (Å²) in [5.74, 6) is 2.39. The molecule has 0 spiro atoms. The van der Waals surface area contributed by atoms with Crippen LogP contribution in [0.5, 0.6) is 11.5 Å². The Hall–Kier alpha value is -3.27. The molecule has 1 aromatic heterocycles. The van der Waals surface area contributed by atoms with Crippen LogP contribution in [-0.4, -0.2) is 17.1 Å². The molecule has 4 rings (SSSR count). The standard InChI is InChI=1S/C21H18N2O2/c1-24-16-11-12-18-19(13-16)23-21(22-18)17-9-5-6-10-20(17)25-14-15-7-3-2-4-8-15/h2-13H,14H2,1H3,(H,22,23). The number of aromatic nitrogens is 2. The molecular weight excluding hydrogens is 312 g/mol. The van der Waals surface area contributed by atoms with E-state index in [1.54, 1.807) is 7.11 Å². The average molecular weight is 330 g/mol. The van der Waals surface area contributed by atoms with Gasteiger partial charge in [0.25, 0.3) is 0 Å². The minimum absolute atomic E-state index is 0.520. The number of fused-ring (bicyclic) bond motifs is 1. The molecule has 0 radical (unpaired) electrons. The Labute approximate surface area is 146 Å². The Kier molecular flexibility index (Phi) is 4.09. The number of rotatable bonds is 5. The molecule has 25 heavy (non-hydrogen) atoms. The number of benzene rings is 3. The molecule has 0 unspecified atom stereocenters. The topological polar surface area (TPSA) is 47.1 Å². The van der Waals surface area contributed by atoms with E-state index in [2.05, 4.69) is 22.1 Å². The first-order chi connectivity index (χ1) is 12.3. The summed E-state index contributed by atoms with van der Waals surface area (Å²) in [6.45, 7) is 0.520. The largest absolute Gasteiger partial charge is 0.497 e. The molecule has 4 heteroatoms. The van der Waals surface area contributed by atoms with Gasteiger partial charge >= 0.3 is 0 Å². The van der Waals surface area contributed by atoms with Crippen molar-refractivity contribution in [2.24, 2.45) is 0 Å². The Morgan fingerprint density at radius 1 is 0.920 bits per heavy atom. The molecule has 1 heterocycles. The van der Waals surface area contributed by atoms with Gasteiger partial charge in [0.2, 0.25) is 0 Å². The van der Waals surface area contributed by atoms with Crippen molar-refractivity contribution < 1.29 is 9.47 Å². The van der Waals surface area contributed by atoms with Crippen LogP contribution in [-0.2, 0) is 6.61 Å². The van der Waals surface area contributed by atoms with Gasteiger partial charge in [-0.15, -0.1) is 0 Å². The van der Waals surface area contributed by atoms with E-state index in [1.165, 1.54) is 0 Å². The third-order valence-electron chi connectivity index (χ3n) is 4.07. The zero-order chi connectivity index (χ0) is 17.1. The van der Waals surface area contributed by atoms with Gasteiger partial charge < -0.3 is 14.5 Å². The fourth-order valence-electron chi connectivity index (χ4n) is 2.77. The number of methoxy groups -OCH3 is 1. The summed E-state index contributed by atoms with van der Waals surface area (Å²) in [5.41, 5.74) is 3.90. The third kappa shape index (κ3) is 3.19. The van der Waals surface area contributed by atoms with Crippen molar-refractivity contribution in [3.05, 3.63) is 78.4 Å².